The van der Waals surface area contributed by atoms with E-state index in [4.69, 9.17) is 0 Å². The van der Waals surface area contributed by atoms with Gasteiger partial charge in [-0.1, -0.05) is 12.8 Å². The lowest BCUT2D eigenvalue weighted by molar-refractivity contribution is -0.144. The maximum atomic E-state index is 12.7. The maximum absolute atomic E-state index is 12.7. The average molecular weight is 279 g/mol. The highest BCUT2D eigenvalue weighted by Gasteiger charge is 2.39. The summed E-state index contributed by atoms with van der Waals surface area (Å²) < 4.78 is 0. The summed E-state index contributed by atoms with van der Waals surface area (Å²) in [6, 6.07) is 0.388. The topological polar surface area (TPSA) is 61.4 Å². The van der Waals surface area contributed by atoms with Gasteiger partial charge in [0.2, 0.25) is 11.8 Å². The van der Waals surface area contributed by atoms with Gasteiger partial charge in [-0.2, -0.15) is 0 Å². The number of carbonyl (C=O) groups excluding carboxylic acids is 2. The molecule has 3 rings (SSSR count). The van der Waals surface area contributed by atoms with Crippen molar-refractivity contribution in [1.29, 1.82) is 0 Å². The smallest absolute Gasteiger partial charge is 0.226 e. The number of amides is 2. The van der Waals surface area contributed by atoms with Crippen LogP contribution in [0.25, 0.3) is 0 Å². The molecule has 1 heterocycles. The van der Waals surface area contributed by atoms with Crippen LogP contribution < -0.4 is 10.6 Å². The summed E-state index contributed by atoms with van der Waals surface area (Å²) in [7, 11) is 0. The molecule has 0 aromatic heterocycles. The largest absolute Gasteiger partial charge is 0.353 e. The van der Waals surface area contributed by atoms with Crippen LogP contribution in [0.1, 0.15) is 38.5 Å². The SMILES string of the molecule is O=C(NC1CC1)C1CCCCC1C(=O)N1CCNCC1. The lowest BCUT2D eigenvalue weighted by Crippen LogP contribution is -2.51. The molecular formula is C15H25N3O2. The minimum Gasteiger partial charge on any atom is -0.353 e. The van der Waals surface area contributed by atoms with Gasteiger partial charge in [0, 0.05) is 44.1 Å². The molecule has 1 saturated heterocycles. The second-order valence-electron chi connectivity index (χ2n) is 6.36. The van der Waals surface area contributed by atoms with Gasteiger partial charge in [0.15, 0.2) is 0 Å². The minimum atomic E-state index is -0.0910. The Hall–Kier alpha value is -1.10. The van der Waals surface area contributed by atoms with Crippen molar-refractivity contribution in [3.05, 3.63) is 0 Å². The molecule has 20 heavy (non-hydrogen) atoms. The second kappa shape index (κ2) is 6.12. The predicted octanol–water partition coefficient (Wildman–Crippen LogP) is 0.503. The normalized spacial score (nSPS) is 30.9. The Labute approximate surface area is 120 Å². The third kappa shape index (κ3) is 3.14. The van der Waals surface area contributed by atoms with Gasteiger partial charge in [-0.05, 0) is 25.7 Å². The summed E-state index contributed by atoms with van der Waals surface area (Å²) in [5, 5.41) is 6.36. The highest BCUT2D eigenvalue weighted by Crippen LogP contribution is 2.33. The molecule has 2 amide bonds. The molecule has 2 saturated carbocycles. The Bertz CT molecular complexity index is 375. The maximum Gasteiger partial charge on any atom is 0.226 e. The number of hydrogen-bond acceptors (Lipinski definition) is 3. The highest BCUT2D eigenvalue weighted by molar-refractivity contribution is 5.88. The molecule has 0 bridgehead atoms. The van der Waals surface area contributed by atoms with E-state index < -0.39 is 0 Å². The van der Waals surface area contributed by atoms with Crippen LogP contribution in [-0.4, -0.2) is 48.9 Å². The Morgan fingerprint density at radius 3 is 2.25 bits per heavy atom. The molecule has 112 valence electrons. The zero-order valence-corrected chi connectivity index (χ0v) is 12.1. The molecule has 0 aromatic rings. The molecule has 2 atom stereocenters. The van der Waals surface area contributed by atoms with Crippen molar-refractivity contribution in [2.75, 3.05) is 26.2 Å². The standard InChI is InChI=1S/C15H25N3O2/c19-14(17-11-5-6-11)12-3-1-2-4-13(12)15(20)18-9-7-16-8-10-18/h11-13,16H,1-10H2,(H,17,19). The number of rotatable bonds is 3. The summed E-state index contributed by atoms with van der Waals surface area (Å²) in [4.78, 5) is 27.0. The van der Waals surface area contributed by atoms with E-state index in [1.165, 1.54) is 0 Å². The molecule has 5 heteroatoms. The van der Waals surface area contributed by atoms with Crippen LogP contribution in [-0.2, 0) is 9.59 Å². The highest BCUT2D eigenvalue weighted by atomic mass is 16.2. The lowest BCUT2D eigenvalue weighted by atomic mass is 9.77. The first-order valence-electron chi connectivity index (χ1n) is 8.05. The Balaban J connectivity index is 1.63. The molecule has 2 unspecified atom stereocenters. The molecule has 3 aliphatic rings. The second-order valence-corrected chi connectivity index (χ2v) is 6.36. The van der Waals surface area contributed by atoms with Gasteiger partial charge >= 0.3 is 0 Å². The van der Waals surface area contributed by atoms with Crippen molar-refractivity contribution in [1.82, 2.24) is 15.5 Å². The molecule has 0 spiro atoms. The summed E-state index contributed by atoms with van der Waals surface area (Å²) >= 11 is 0. The van der Waals surface area contributed by atoms with Crippen molar-refractivity contribution in [3.63, 3.8) is 0 Å². The van der Waals surface area contributed by atoms with E-state index in [1.54, 1.807) is 0 Å². The van der Waals surface area contributed by atoms with E-state index in [-0.39, 0.29) is 23.7 Å². The third-order valence-corrected chi connectivity index (χ3v) is 4.77. The third-order valence-electron chi connectivity index (χ3n) is 4.77. The van der Waals surface area contributed by atoms with E-state index in [1.807, 2.05) is 4.90 Å². The van der Waals surface area contributed by atoms with Gasteiger partial charge in [0.1, 0.15) is 0 Å². The van der Waals surface area contributed by atoms with Crippen LogP contribution in [0.4, 0.5) is 0 Å². The van der Waals surface area contributed by atoms with Crippen LogP contribution >= 0.6 is 0 Å². The van der Waals surface area contributed by atoms with Crippen molar-refractivity contribution < 1.29 is 9.59 Å². The van der Waals surface area contributed by atoms with Crippen molar-refractivity contribution in [2.45, 2.75) is 44.6 Å². The average Bonchev–Trinajstić information content (AvgIpc) is 3.31. The van der Waals surface area contributed by atoms with E-state index in [2.05, 4.69) is 10.6 Å². The summed E-state index contributed by atoms with van der Waals surface area (Å²) in [5.41, 5.74) is 0. The minimum absolute atomic E-state index is 0.0828. The van der Waals surface area contributed by atoms with Gasteiger partial charge in [-0.15, -0.1) is 0 Å². The lowest BCUT2D eigenvalue weighted by Gasteiger charge is -2.35. The van der Waals surface area contributed by atoms with E-state index >= 15 is 0 Å². The number of nitrogens with zero attached hydrogens (tertiary/aromatic N) is 1. The summed E-state index contributed by atoms with van der Waals surface area (Å²) in [6.45, 7) is 3.31. The van der Waals surface area contributed by atoms with Crippen molar-refractivity contribution in [3.8, 4) is 0 Å². The Kier molecular flexibility index (Phi) is 4.24. The molecule has 0 aromatic carbocycles. The molecular weight excluding hydrogens is 254 g/mol. The number of piperazine rings is 1. The Morgan fingerprint density at radius 2 is 1.60 bits per heavy atom. The van der Waals surface area contributed by atoms with Crippen LogP contribution in [0.3, 0.4) is 0 Å². The van der Waals surface area contributed by atoms with Gasteiger partial charge in [-0.3, -0.25) is 9.59 Å². The van der Waals surface area contributed by atoms with Crippen LogP contribution in [0.2, 0.25) is 0 Å². The number of nitrogens with one attached hydrogen (secondary N) is 2. The fraction of sp³-hybridized carbons (Fsp3) is 0.867. The fourth-order valence-corrected chi connectivity index (χ4v) is 3.40. The van der Waals surface area contributed by atoms with Gasteiger partial charge in [0.05, 0.1) is 0 Å². The van der Waals surface area contributed by atoms with Crippen LogP contribution in [0.15, 0.2) is 0 Å². The van der Waals surface area contributed by atoms with Gasteiger partial charge in [-0.25, -0.2) is 0 Å². The van der Waals surface area contributed by atoms with Gasteiger partial charge in [0.25, 0.3) is 0 Å². The van der Waals surface area contributed by atoms with Crippen molar-refractivity contribution in [2.24, 2.45) is 11.8 Å². The quantitative estimate of drug-likeness (QED) is 0.791. The molecule has 2 N–H and O–H groups in total. The van der Waals surface area contributed by atoms with E-state index in [0.717, 1.165) is 64.7 Å². The number of hydrogen-bond donors (Lipinski definition) is 2. The first-order chi connectivity index (χ1) is 9.75. The summed E-state index contributed by atoms with van der Waals surface area (Å²) in [5.74, 6) is 0.162. The summed E-state index contributed by atoms with van der Waals surface area (Å²) in [6.07, 6.45) is 6.13. The first-order valence-corrected chi connectivity index (χ1v) is 8.05. The van der Waals surface area contributed by atoms with E-state index in [0.29, 0.717) is 6.04 Å². The fourth-order valence-electron chi connectivity index (χ4n) is 3.40. The van der Waals surface area contributed by atoms with Crippen LogP contribution in [0, 0.1) is 11.8 Å². The Morgan fingerprint density at radius 1 is 0.950 bits per heavy atom. The predicted molar refractivity (Wildman–Crippen MR) is 76.1 cm³/mol. The molecule has 1 aliphatic heterocycles. The molecule has 2 aliphatic carbocycles. The monoisotopic (exact) mass is 279 g/mol. The first kappa shape index (κ1) is 13.9. The molecule has 0 radical (unpaired) electrons. The van der Waals surface area contributed by atoms with Gasteiger partial charge < -0.3 is 15.5 Å². The molecule has 5 nitrogen and oxygen atoms in total. The zero-order valence-electron chi connectivity index (χ0n) is 12.1. The number of carbonyl (C=O) groups is 2. The zero-order chi connectivity index (χ0) is 13.9. The van der Waals surface area contributed by atoms with E-state index in [9.17, 15) is 9.59 Å². The van der Waals surface area contributed by atoms with Crippen molar-refractivity contribution >= 4 is 11.8 Å². The van der Waals surface area contributed by atoms with Crippen LogP contribution in [0.5, 0.6) is 0 Å². The molecule has 3 fully saturated rings.